The van der Waals surface area contributed by atoms with Crippen molar-refractivity contribution in [2.24, 2.45) is 35.3 Å². The summed E-state index contributed by atoms with van der Waals surface area (Å²) in [6.45, 7) is 26.3. The van der Waals surface area contributed by atoms with Gasteiger partial charge in [-0.3, -0.25) is 53.0 Å². The van der Waals surface area contributed by atoms with Crippen molar-refractivity contribution in [3.8, 4) is 17.2 Å². The lowest BCUT2D eigenvalue weighted by molar-refractivity contribution is -0.151. The van der Waals surface area contributed by atoms with Gasteiger partial charge in [0.1, 0.15) is 47.3 Å². The number of aromatic hydroxyl groups is 1. The monoisotopic (exact) mass is 1460 g/mol. The van der Waals surface area contributed by atoms with Crippen LogP contribution in [0, 0.1) is 36.5 Å². The SMILES string of the molecule is C=CC12OC=CC(OC)CC(OC(C)=O)C(C)CC(C)CC(C)C=CC=C(C)C(=O)Nc3c(O)c4c(=O)c(C)c(c(c4c4nc5c(OCc6ccc(NC(=O)C(CCCNC(N)=O)NC(=O)C(NC(=O)CCCCCN7C(=O)C=CC7=O)C(C)C)cc6)cc(N6CCN(CC(C)C)CC6)cc5oc34)C1=O)O2. The number of allylic oxidation sites excluding steroid dienone is 3. The van der Waals surface area contributed by atoms with E-state index in [4.69, 9.17) is 38.8 Å². The average molecular weight is 1460 g/mol. The Labute approximate surface area is 616 Å². The Hall–Kier alpha value is -10.4. The number of hydrogen-bond acceptors (Lipinski definition) is 20. The molecule has 8 amide bonds. The van der Waals surface area contributed by atoms with Crippen LogP contribution in [0.1, 0.15) is 142 Å². The lowest BCUT2D eigenvalue weighted by Crippen LogP contribution is -2.54. The first-order valence-electron chi connectivity index (χ1n) is 36.4. The number of ether oxygens (including phenoxy) is 5. The summed E-state index contributed by atoms with van der Waals surface area (Å²) in [5.41, 5.74) is 5.76. The zero-order valence-electron chi connectivity index (χ0n) is 62.4. The van der Waals surface area contributed by atoms with E-state index >= 15 is 9.59 Å². The molecular formula is C79H100N10O17. The molecule has 8 N–H and O–H groups in total. The van der Waals surface area contributed by atoms with Crippen LogP contribution in [0.3, 0.4) is 0 Å². The average Bonchev–Trinajstić information content (AvgIpc) is 1.37. The van der Waals surface area contributed by atoms with E-state index < -0.39 is 88.6 Å². The predicted octanol–water partition coefficient (Wildman–Crippen LogP) is 9.83. The second-order valence-corrected chi connectivity index (χ2v) is 28.9. The maximum Gasteiger partial charge on any atom is 0.336 e. The second-order valence-electron chi connectivity index (χ2n) is 28.9. The standard InChI is InChI=1S/C79H100N10O17/c1-13-79-74(96)65-63-64(70(94)50(10)72(65)106-79)71(95)69(86-75(97)48(8)20-17-19-46(6)37-47(7)38-49(9)57(104-51(11)90)41-55(101-12)29-36-103-79)73-68(63)85-67-58(39-54(40-59(67)105-73)88-34-32-87(33-35-88)42-44(2)3)102-43-52-23-25-53(26-24-52)82-76(98)56(21-18-30-81-78(80)100)83-77(99)66(45(4)5)84-60(91)22-15-14-16-31-89-61(92)27-28-62(89)93/h13,17,19-20,23-29,36,39-40,44-47,49,55-57,66,95H,1,14-16,18,21-22,30-35,37-38,41-43H2,2-12H3,(H,82,98)(H,83,99)(H,84,91)(H,86,97)(H3,80,81,100). The smallest absolute Gasteiger partial charge is 0.336 e. The van der Waals surface area contributed by atoms with E-state index in [-0.39, 0.29) is 142 Å². The first-order chi connectivity index (χ1) is 50.5. The quantitative estimate of drug-likeness (QED) is 0.00543. The summed E-state index contributed by atoms with van der Waals surface area (Å²) in [7, 11) is 1.49. The fraction of sp³-hybridized carbons (Fsp3) is 0.481. The molecule has 4 aliphatic rings. The minimum absolute atomic E-state index is 0.0642. The Balaban J connectivity index is 1.07. The van der Waals surface area contributed by atoms with E-state index in [1.165, 1.54) is 39.4 Å². The van der Waals surface area contributed by atoms with Crippen LogP contribution < -0.4 is 52.1 Å². The van der Waals surface area contributed by atoms with Crippen molar-refractivity contribution in [1.82, 2.24) is 30.7 Å². The zero-order chi connectivity index (χ0) is 76.8. The number of ketones is 1. The molecule has 8 unspecified atom stereocenters. The molecule has 1 saturated heterocycles. The van der Waals surface area contributed by atoms with Gasteiger partial charge in [0.25, 0.3) is 23.5 Å². The van der Waals surface area contributed by atoms with E-state index in [2.05, 4.69) is 70.7 Å². The van der Waals surface area contributed by atoms with E-state index in [9.17, 15) is 43.5 Å². The van der Waals surface area contributed by atoms with Crippen molar-refractivity contribution < 1.29 is 76.4 Å². The number of hydrogen-bond donors (Lipinski definition) is 7. The fourth-order valence-corrected chi connectivity index (χ4v) is 13.9. The highest BCUT2D eigenvalue weighted by molar-refractivity contribution is 6.27. The molecule has 1 aromatic heterocycles. The number of imide groups is 1. The highest BCUT2D eigenvalue weighted by Crippen LogP contribution is 2.50. The number of unbranched alkanes of at least 4 members (excludes halogenated alkanes) is 2. The number of nitrogens with two attached hydrogens (primary N) is 1. The van der Waals surface area contributed by atoms with E-state index in [0.717, 1.165) is 37.0 Å². The number of carbonyl (C=O) groups excluding carboxylic acids is 9. The van der Waals surface area contributed by atoms with E-state index in [0.29, 0.717) is 61.6 Å². The molecule has 0 spiro atoms. The largest absolute Gasteiger partial charge is 0.505 e. The molecule has 0 aliphatic carbocycles. The van der Waals surface area contributed by atoms with Crippen molar-refractivity contribution in [3.63, 3.8) is 0 Å². The molecule has 8 atom stereocenters. The van der Waals surface area contributed by atoms with Crippen molar-refractivity contribution in [3.05, 3.63) is 124 Å². The van der Waals surface area contributed by atoms with Crippen molar-refractivity contribution in [1.29, 1.82) is 0 Å². The van der Waals surface area contributed by atoms with Crippen LogP contribution >= 0.6 is 0 Å². The number of Topliss-reactive ketones (excluding diaryl/α,β-unsaturated/α-hetero) is 1. The van der Waals surface area contributed by atoms with Crippen molar-refractivity contribution in [2.45, 2.75) is 164 Å². The molecule has 5 aromatic rings. The maximum absolute atomic E-state index is 15.5. The number of aromatic nitrogens is 1. The highest BCUT2D eigenvalue weighted by atomic mass is 16.7. The topological polar surface area (TPSA) is 359 Å². The van der Waals surface area contributed by atoms with Gasteiger partial charge in [0.2, 0.25) is 17.7 Å². The molecule has 9 rings (SSSR count). The Morgan fingerprint density at radius 1 is 0.877 bits per heavy atom. The first-order valence-corrected chi connectivity index (χ1v) is 36.4. The lowest BCUT2D eigenvalue weighted by Gasteiger charge is -2.37. The lowest BCUT2D eigenvalue weighted by atomic mass is 9.85. The zero-order valence-corrected chi connectivity index (χ0v) is 62.4. The molecule has 27 heteroatoms. The molecule has 568 valence electrons. The molecule has 4 bridgehead atoms. The number of benzene rings is 4. The van der Waals surface area contributed by atoms with Crippen LogP contribution in [0.4, 0.5) is 21.9 Å². The number of anilines is 3. The number of esters is 1. The molecule has 4 aromatic carbocycles. The van der Waals surface area contributed by atoms with Crippen LogP contribution in [0.25, 0.3) is 33.0 Å². The summed E-state index contributed by atoms with van der Waals surface area (Å²) in [5, 5.41) is 26.0. The number of carbonyl (C=O) groups is 9. The molecule has 0 saturated carbocycles. The minimum Gasteiger partial charge on any atom is -0.505 e. The number of amides is 8. The third-order valence-corrected chi connectivity index (χ3v) is 19.5. The molecule has 106 heavy (non-hydrogen) atoms. The number of phenolic OH excluding ortho intramolecular Hbond substituents is 1. The predicted molar refractivity (Wildman–Crippen MR) is 402 cm³/mol. The molecule has 0 radical (unpaired) electrons. The van der Waals surface area contributed by atoms with Crippen LogP contribution in [0.5, 0.6) is 17.2 Å². The normalized spacial score (nSPS) is 20.9. The Kier molecular flexibility index (Phi) is 26.8. The highest BCUT2D eigenvalue weighted by Gasteiger charge is 2.51. The van der Waals surface area contributed by atoms with Gasteiger partial charge in [-0.1, -0.05) is 91.8 Å². The number of fused-ring (bicyclic) bond motifs is 2. The number of primary amides is 1. The summed E-state index contributed by atoms with van der Waals surface area (Å²) in [5.74, 6) is -7.09. The summed E-state index contributed by atoms with van der Waals surface area (Å²) < 4.78 is 38.2. The number of methoxy groups -OCH3 is 1. The van der Waals surface area contributed by atoms with E-state index in [1.54, 1.807) is 69.3 Å². The third kappa shape index (κ3) is 19.4. The van der Waals surface area contributed by atoms with Gasteiger partial charge in [0.15, 0.2) is 28.1 Å². The van der Waals surface area contributed by atoms with Crippen LogP contribution in [-0.2, 0) is 54.4 Å². The Morgan fingerprint density at radius 2 is 1.59 bits per heavy atom. The Morgan fingerprint density at radius 3 is 2.25 bits per heavy atom. The van der Waals surface area contributed by atoms with Gasteiger partial charge in [-0.25, -0.2) is 9.78 Å². The van der Waals surface area contributed by atoms with Crippen LogP contribution in [0.15, 0.2) is 107 Å². The van der Waals surface area contributed by atoms with Gasteiger partial charge in [-0.2, -0.15) is 0 Å². The molecule has 27 nitrogen and oxygen atoms in total. The Bertz CT molecular complexity index is 4340. The van der Waals surface area contributed by atoms with Gasteiger partial charge in [0, 0.05) is 131 Å². The minimum atomic E-state index is -2.30. The fourth-order valence-electron chi connectivity index (χ4n) is 13.9. The van der Waals surface area contributed by atoms with Gasteiger partial charge < -0.3 is 70.4 Å². The van der Waals surface area contributed by atoms with Gasteiger partial charge in [0.05, 0.1) is 23.3 Å². The molecular weight excluding hydrogens is 1360 g/mol. The summed E-state index contributed by atoms with van der Waals surface area (Å²) in [6.07, 6.45) is 14.1. The first kappa shape index (κ1) is 79.7. The number of urea groups is 1. The summed E-state index contributed by atoms with van der Waals surface area (Å²) in [6, 6.07) is 7.42. The van der Waals surface area contributed by atoms with Crippen molar-refractivity contribution in [2.75, 3.05) is 68.5 Å². The van der Waals surface area contributed by atoms with Gasteiger partial charge in [-0.15, -0.1) is 0 Å². The van der Waals surface area contributed by atoms with Crippen molar-refractivity contribution >= 4 is 103 Å². The number of rotatable bonds is 25. The molecule has 4 aliphatic heterocycles. The summed E-state index contributed by atoms with van der Waals surface area (Å²) in [4.78, 5) is 145. The number of nitrogens with one attached hydrogen (secondary N) is 5. The van der Waals surface area contributed by atoms with Gasteiger partial charge >= 0.3 is 17.8 Å². The molecule has 1 fully saturated rings. The number of piperazine rings is 1. The third-order valence-electron chi connectivity index (χ3n) is 19.5. The number of phenols is 1. The van der Waals surface area contributed by atoms with E-state index in [1.807, 2.05) is 19.1 Å². The van der Waals surface area contributed by atoms with Crippen LogP contribution in [-0.4, -0.2) is 156 Å². The maximum atomic E-state index is 15.5. The van der Waals surface area contributed by atoms with Crippen LogP contribution in [0.2, 0.25) is 0 Å². The van der Waals surface area contributed by atoms with Gasteiger partial charge in [-0.05, 0) is 106 Å². The summed E-state index contributed by atoms with van der Waals surface area (Å²) >= 11 is 0. The number of nitrogens with zero attached hydrogens (tertiary/aromatic N) is 4. The second kappa shape index (κ2) is 35.6. The molecule has 5 heterocycles.